The molecule has 0 saturated carbocycles. The van der Waals surface area contributed by atoms with E-state index in [1.165, 1.54) is 17.7 Å². The van der Waals surface area contributed by atoms with Crippen molar-refractivity contribution in [3.63, 3.8) is 0 Å². The number of fused-ring (bicyclic) bond motifs is 1. The van der Waals surface area contributed by atoms with Gasteiger partial charge in [-0.3, -0.25) is 19.1 Å². The van der Waals surface area contributed by atoms with Crippen molar-refractivity contribution in [2.45, 2.75) is 13.8 Å². The van der Waals surface area contributed by atoms with Crippen molar-refractivity contribution in [2.75, 3.05) is 32.6 Å². The Bertz CT molecular complexity index is 1230. The molecule has 0 aliphatic carbocycles. The molecule has 0 atom stereocenters. The van der Waals surface area contributed by atoms with E-state index in [0.717, 1.165) is 12.1 Å². The molecule has 158 valence electrons. The summed E-state index contributed by atoms with van der Waals surface area (Å²) in [7, 11) is 5.39. The molecule has 30 heavy (non-hydrogen) atoms. The smallest absolute Gasteiger partial charge is 0.329 e. The lowest BCUT2D eigenvalue weighted by Gasteiger charge is -2.16. The van der Waals surface area contributed by atoms with E-state index < -0.39 is 17.2 Å². The first-order valence-electron chi connectivity index (χ1n) is 9.47. The van der Waals surface area contributed by atoms with Gasteiger partial charge in [0, 0.05) is 19.3 Å². The van der Waals surface area contributed by atoms with Gasteiger partial charge in [-0.25, -0.2) is 9.78 Å². The molecule has 9 nitrogen and oxygen atoms in total. The molecule has 9 heteroatoms. The monoisotopic (exact) mass is 411 g/mol. The third-order valence-corrected chi connectivity index (χ3v) is 4.62. The predicted octanol–water partition coefficient (Wildman–Crippen LogP) is 1.43. The summed E-state index contributed by atoms with van der Waals surface area (Å²) in [6, 6.07) is 7.03. The molecule has 0 radical (unpaired) electrons. The second-order valence-corrected chi connectivity index (χ2v) is 7.43. The second kappa shape index (κ2) is 8.50. The Morgan fingerprint density at radius 3 is 2.67 bits per heavy atom. The minimum absolute atomic E-state index is 0.0583. The third kappa shape index (κ3) is 4.41. The number of carbonyl (C=O) groups is 1. The van der Waals surface area contributed by atoms with Crippen LogP contribution in [0.5, 0.6) is 5.75 Å². The number of likely N-dealkylation sites (N-methyl/N-ethyl adjacent to an activating group) is 1. The average Bonchev–Trinajstić information content (AvgIpc) is 2.66. The lowest BCUT2D eigenvalue weighted by Crippen LogP contribution is -2.31. The standard InChI is InChI=1S/C21H25N5O4/c1-12-6-7-16(30-9-8-25(3)4)15(10-12)23-19(27)14-11-13(2)22-18-17(14)20(28)24-21(29)26(18)5/h6-7,10-11H,8-9H2,1-5H3,(H,23,27)(H,24,28,29). The highest BCUT2D eigenvalue weighted by Crippen LogP contribution is 2.27. The van der Waals surface area contributed by atoms with Gasteiger partial charge < -0.3 is 15.0 Å². The third-order valence-electron chi connectivity index (χ3n) is 4.62. The molecule has 1 amide bonds. The number of carbonyl (C=O) groups excluding carboxylic acids is 1. The SMILES string of the molecule is Cc1ccc(OCCN(C)C)c(NC(=O)c2cc(C)nc3c2c(=O)[nH]c(=O)n3C)c1. The fourth-order valence-electron chi connectivity index (χ4n) is 3.04. The zero-order chi connectivity index (χ0) is 22.0. The number of aryl methyl sites for hydroxylation is 3. The number of benzene rings is 1. The van der Waals surface area contributed by atoms with Crippen LogP contribution in [0.1, 0.15) is 21.6 Å². The number of pyridine rings is 1. The Balaban J connectivity index is 2.02. The van der Waals surface area contributed by atoms with E-state index >= 15 is 0 Å². The summed E-state index contributed by atoms with van der Waals surface area (Å²) in [5.74, 6) is 0.0462. The Morgan fingerprint density at radius 2 is 1.97 bits per heavy atom. The first kappa shape index (κ1) is 21.3. The van der Waals surface area contributed by atoms with Crippen LogP contribution >= 0.6 is 0 Å². The lowest BCUT2D eigenvalue weighted by molar-refractivity contribution is 0.102. The van der Waals surface area contributed by atoms with Crippen LogP contribution in [0.3, 0.4) is 0 Å². The van der Waals surface area contributed by atoms with Gasteiger partial charge in [0.15, 0.2) is 0 Å². The van der Waals surface area contributed by atoms with Crippen molar-refractivity contribution in [1.29, 1.82) is 0 Å². The Hall–Kier alpha value is -3.46. The maximum Gasteiger partial charge on any atom is 0.329 e. The highest BCUT2D eigenvalue weighted by Gasteiger charge is 2.19. The van der Waals surface area contributed by atoms with Gasteiger partial charge in [-0.15, -0.1) is 0 Å². The van der Waals surface area contributed by atoms with Crippen LogP contribution in [0.25, 0.3) is 11.0 Å². The molecule has 0 bridgehead atoms. The van der Waals surface area contributed by atoms with Crippen LogP contribution in [-0.4, -0.2) is 52.6 Å². The molecular weight excluding hydrogens is 386 g/mol. The van der Waals surface area contributed by atoms with Crippen LogP contribution in [0.4, 0.5) is 5.69 Å². The number of amides is 1. The first-order chi connectivity index (χ1) is 14.2. The van der Waals surface area contributed by atoms with Crippen molar-refractivity contribution in [3.8, 4) is 5.75 Å². The van der Waals surface area contributed by atoms with Crippen LogP contribution in [0.2, 0.25) is 0 Å². The summed E-state index contributed by atoms with van der Waals surface area (Å²) in [5.41, 5.74) is 1.00. The molecule has 0 spiro atoms. The number of hydrogen-bond donors (Lipinski definition) is 2. The maximum atomic E-state index is 13.1. The summed E-state index contributed by atoms with van der Waals surface area (Å²) in [6.07, 6.45) is 0. The second-order valence-electron chi connectivity index (χ2n) is 7.43. The zero-order valence-electron chi connectivity index (χ0n) is 17.7. The topological polar surface area (TPSA) is 109 Å². The molecule has 3 aromatic rings. The van der Waals surface area contributed by atoms with E-state index in [2.05, 4.69) is 15.3 Å². The number of aromatic amines is 1. The summed E-state index contributed by atoms with van der Waals surface area (Å²) < 4.78 is 7.04. The zero-order valence-corrected chi connectivity index (χ0v) is 17.7. The first-order valence-corrected chi connectivity index (χ1v) is 9.47. The van der Waals surface area contributed by atoms with E-state index in [9.17, 15) is 14.4 Å². The number of aromatic nitrogens is 3. The van der Waals surface area contributed by atoms with Crippen molar-refractivity contribution >= 4 is 22.6 Å². The molecule has 2 heterocycles. The van der Waals surface area contributed by atoms with Gasteiger partial charge in [-0.1, -0.05) is 6.07 Å². The number of rotatable bonds is 6. The predicted molar refractivity (Wildman–Crippen MR) is 116 cm³/mol. The maximum absolute atomic E-state index is 13.1. The molecule has 0 aliphatic rings. The Labute approximate surface area is 173 Å². The molecular formula is C21H25N5O4. The van der Waals surface area contributed by atoms with Crippen molar-refractivity contribution in [3.05, 3.63) is 61.9 Å². The summed E-state index contributed by atoms with van der Waals surface area (Å²) in [6.45, 7) is 4.78. The van der Waals surface area contributed by atoms with E-state index in [4.69, 9.17) is 4.74 Å². The number of ether oxygens (including phenoxy) is 1. The van der Waals surface area contributed by atoms with E-state index in [-0.39, 0.29) is 16.6 Å². The fraction of sp³-hybridized carbons (Fsp3) is 0.333. The average molecular weight is 411 g/mol. The van der Waals surface area contributed by atoms with Crippen LogP contribution in [0, 0.1) is 13.8 Å². The van der Waals surface area contributed by atoms with E-state index in [1.54, 1.807) is 19.1 Å². The summed E-state index contributed by atoms with van der Waals surface area (Å²) >= 11 is 0. The number of anilines is 1. The summed E-state index contributed by atoms with van der Waals surface area (Å²) in [5, 5.41) is 2.90. The number of hydrogen-bond acceptors (Lipinski definition) is 6. The van der Waals surface area contributed by atoms with Gasteiger partial charge in [0.05, 0.1) is 16.6 Å². The Morgan fingerprint density at radius 1 is 1.23 bits per heavy atom. The largest absolute Gasteiger partial charge is 0.490 e. The minimum atomic E-state index is -0.655. The van der Waals surface area contributed by atoms with Gasteiger partial charge in [-0.2, -0.15) is 0 Å². The van der Waals surface area contributed by atoms with Gasteiger partial charge in [0.1, 0.15) is 18.0 Å². The molecule has 0 saturated heterocycles. The number of nitrogens with one attached hydrogen (secondary N) is 2. The van der Waals surface area contributed by atoms with Gasteiger partial charge >= 0.3 is 5.69 Å². The quantitative estimate of drug-likeness (QED) is 0.635. The van der Waals surface area contributed by atoms with E-state index in [1.807, 2.05) is 32.0 Å². The Kier molecular flexibility index (Phi) is 6.02. The normalized spacial score (nSPS) is 11.1. The van der Waals surface area contributed by atoms with Crippen LogP contribution < -0.4 is 21.3 Å². The molecule has 3 rings (SSSR count). The molecule has 2 N–H and O–H groups in total. The lowest BCUT2D eigenvalue weighted by atomic mass is 10.1. The van der Waals surface area contributed by atoms with Gasteiger partial charge in [0.25, 0.3) is 11.5 Å². The van der Waals surface area contributed by atoms with E-state index in [0.29, 0.717) is 23.7 Å². The van der Waals surface area contributed by atoms with Crippen molar-refractivity contribution in [2.24, 2.45) is 7.05 Å². The fourth-order valence-corrected chi connectivity index (χ4v) is 3.04. The number of H-pyrrole nitrogens is 1. The van der Waals surface area contributed by atoms with Crippen LogP contribution in [-0.2, 0) is 7.05 Å². The molecule has 2 aromatic heterocycles. The molecule has 0 aliphatic heterocycles. The van der Waals surface area contributed by atoms with Gasteiger partial charge in [0.2, 0.25) is 0 Å². The van der Waals surface area contributed by atoms with Crippen molar-refractivity contribution in [1.82, 2.24) is 19.4 Å². The highest BCUT2D eigenvalue weighted by molar-refractivity contribution is 6.12. The molecule has 0 fully saturated rings. The van der Waals surface area contributed by atoms with Crippen molar-refractivity contribution < 1.29 is 9.53 Å². The summed E-state index contributed by atoms with van der Waals surface area (Å²) in [4.78, 5) is 46.0. The van der Waals surface area contributed by atoms with Gasteiger partial charge in [-0.05, 0) is 51.7 Å². The molecule has 1 aromatic carbocycles. The minimum Gasteiger partial charge on any atom is -0.490 e. The molecule has 0 unspecified atom stereocenters. The number of nitrogens with zero attached hydrogens (tertiary/aromatic N) is 3. The van der Waals surface area contributed by atoms with Crippen LogP contribution in [0.15, 0.2) is 33.9 Å². The highest BCUT2D eigenvalue weighted by atomic mass is 16.5.